The lowest BCUT2D eigenvalue weighted by Crippen LogP contribution is -2.44. The number of aryl methyl sites for hydroxylation is 1. The molecule has 0 spiro atoms. The number of fused-ring (bicyclic) bond motifs is 2. The van der Waals surface area contributed by atoms with E-state index >= 15 is 0 Å². The van der Waals surface area contributed by atoms with Crippen molar-refractivity contribution in [2.24, 2.45) is 5.92 Å². The summed E-state index contributed by atoms with van der Waals surface area (Å²) in [6.07, 6.45) is 2.03. The van der Waals surface area contributed by atoms with Crippen molar-refractivity contribution in [3.63, 3.8) is 0 Å². The van der Waals surface area contributed by atoms with Crippen molar-refractivity contribution in [3.05, 3.63) is 35.4 Å². The summed E-state index contributed by atoms with van der Waals surface area (Å²) in [4.78, 5) is 2.47. The summed E-state index contributed by atoms with van der Waals surface area (Å²) in [6.45, 7) is 5.37. The van der Waals surface area contributed by atoms with E-state index in [1.165, 1.54) is 12.1 Å². The highest BCUT2D eigenvalue weighted by Crippen LogP contribution is 2.42. The summed E-state index contributed by atoms with van der Waals surface area (Å²) in [5, 5.41) is 10.9. The van der Waals surface area contributed by atoms with E-state index in [4.69, 9.17) is 0 Å². The summed E-state index contributed by atoms with van der Waals surface area (Å²) in [5.74, 6) is 0.434. The van der Waals surface area contributed by atoms with Crippen molar-refractivity contribution in [2.75, 3.05) is 19.6 Å². The van der Waals surface area contributed by atoms with Gasteiger partial charge in [-0.3, -0.25) is 0 Å². The van der Waals surface area contributed by atoms with Gasteiger partial charge in [-0.25, -0.2) is 0 Å². The molecule has 16 heavy (non-hydrogen) atoms. The summed E-state index contributed by atoms with van der Waals surface area (Å²) in [7, 11) is 0. The van der Waals surface area contributed by atoms with E-state index in [0.717, 1.165) is 31.5 Å². The van der Waals surface area contributed by atoms with E-state index in [1.54, 1.807) is 0 Å². The Labute approximate surface area is 96.9 Å². The molecule has 0 amide bonds. The quantitative estimate of drug-likeness (QED) is 0.776. The van der Waals surface area contributed by atoms with Gasteiger partial charge in [-0.1, -0.05) is 29.8 Å². The first-order valence-electron chi connectivity index (χ1n) is 6.20. The topological polar surface area (TPSA) is 23.5 Å². The molecule has 0 radical (unpaired) electrons. The Balaban J connectivity index is 1.94. The second kappa shape index (κ2) is 3.57. The summed E-state index contributed by atoms with van der Waals surface area (Å²) in [6, 6.07) is 8.41. The number of hydrogen-bond acceptors (Lipinski definition) is 2. The fourth-order valence-corrected chi connectivity index (χ4v) is 3.18. The predicted molar refractivity (Wildman–Crippen MR) is 64.2 cm³/mol. The van der Waals surface area contributed by atoms with Gasteiger partial charge in [0.15, 0.2) is 0 Å². The SMILES string of the molecule is Cc1ccc(C2(O)CCN3CCC2C3)cc1. The zero-order valence-electron chi connectivity index (χ0n) is 9.82. The molecule has 2 aliphatic heterocycles. The molecule has 2 heterocycles. The maximum Gasteiger partial charge on any atom is 0.0949 e. The molecule has 1 N–H and O–H groups in total. The molecule has 0 saturated carbocycles. The van der Waals surface area contributed by atoms with E-state index in [0.29, 0.717) is 5.92 Å². The van der Waals surface area contributed by atoms with Crippen LogP contribution in [0.25, 0.3) is 0 Å². The largest absolute Gasteiger partial charge is 0.385 e. The monoisotopic (exact) mass is 217 g/mol. The maximum atomic E-state index is 10.9. The molecular formula is C14H19NO. The molecule has 0 aromatic heterocycles. The van der Waals surface area contributed by atoms with Crippen LogP contribution in [0.1, 0.15) is 24.0 Å². The minimum absolute atomic E-state index is 0.434. The van der Waals surface area contributed by atoms with Gasteiger partial charge >= 0.3 is 0 Å². The molecule has 2 saturated heterocycles. The third-order valence-electron chi connectivity index (χ3n) is 4.31. The van der Waals surface area contributed by atoms with Crippen LogP contribution >= 0.6 is 0 Å². The second-order valence-electron chi connectivity index (χ2n) is 5.33. The van der Waals surface area contributed by atoms with E-state index in [1.807, 2.05) is 0 Å². The van der Waals surface area contributed by atoms with Gasteiger partial charge in [-0.15, -0.1) is 0 Å². The Morgan fingerprint density at radius 3 is 2.75 bits per heavy atom. The molecule has 2 fully saturated rings. The normalized spacial score (nSPS) is 37.6. The van der Waals surface area contributed by atoms with Crippen molar-refractivity contribution in [3.8, 4) is 0 Å². The van der Waals surface area contributed by atoms with Crippen LogP contribution in [0.2, 0.25) is 0 Å². The first-order valence-corrected chi connectivity index (χ1v) is 6.20. The molecule has 2 heteroatoms. The van der Waals surface area contributed by atoms with Crippen molar-refractivity contribution in [1.29, 1.82) is 0 Å². The maximum absolute atomic E-state index is 10.9. The van der Waals surface area contributed by atoms with E-state index in [2.05, 4.69) is 36.1 Å². The molecule has 86 valence electrons. The average molecular weight is 217 g/mol. The lowest BCUT2D eigenvalue weighted by Gasteiger charge is -2.39. The number of aliphatic hydroxyl groups is 1. The van der Waals surface area contributed by atoms with Crippen LogP contribution in [0, 0.1) is 12.8 Å². The van der Waals surface area contributed by atoms with Crippen LogP contribution in [0.15, 0.2) is 24.3 Å². The van der Waals surface area contributed by atoms with Crippen LogP contribution < -0.4 is 0 Å². The highest BCUT2D eigenvalue weighted by Gasteiger charge is 2.45. The van der Waals surface area contributed by atoms with Crippen molar-refractivity contribution >= 4 is 0 Å². The van der Waals surface area contributed by atoms with Crippen molar-refractivity contribution in [2.45, 2.75) is 25.4 Å². The lowest BCUT2D eigenvalue weighted by molar-refractivity contribution is -0.0502. The minimum Gasteiger partial charge on any atom is -0.385 e. The molecule has 2 aliphatic rings. The molecule has 2 nitrogen and oxygen atoms in total. The fraction of sp³-hybridized carbons (Fsp3) is 0.571. The van der Waals surface area contributed by atoms with Crippen LogP contribution in [0.5, 0.6) is 0 Å². The lowest BCUT2D eigenvalue weighted by atomic mass is 9.77. The second-order valence-corrected chi connectivity index (χ2v) is 5.33. The Hall–Kier alpha value is -0.860. The standard InChI is InChI=1S/C14H19NO/c1-11-2-4-12(5-3-11)14(16)7-9-15-8-6-13(14)10-15/h2-5,13,16H,6-10H2,1H3. The molecule has 0 aliphatic carbocycles. The van der Waals surface area contributed by atoms with Crippen LogP contribution in [-0.4, -0.2) is 29.6 Å². The molecular weight excluding hydrogens is 198 g/mol. The Bertz CT molecular complexity index is 386. The van der Waals surface area contributed by atoms with Crippen LogP contribution in [0.3, 0.4) is 0 Å². The first kappa shape index (κ1) is 10.3. The number of benzene rings is 1. The minimum atomic E-state index is -0.569. The smallest absolute Gasteiger partial charge is 0.0949 e. The molecule has 2 bridgehead atoms. The average Bonchev–Trinajstić information content (AvgIpc) is 2.70. The fourth-order valence-electron chi connectivity index (χ4n) is 3.18. The summed E-state index contributed by atoms with van der Waals surface area (Å²) < 4.78 is 0. The molecule has 1 aromatic carbocycles. The molecule has 1 aromatic rings. The van der Waals surface area contributed by atoms with Crippen LogP contribution in [0.4, 0.5) is 0 Å². The van der Waals surface area contributed by atoms with Gasteiger partial charge in [0.1, 0.15) is 0 Å². The van der Waals surface area contributed by atoms with Gasteiger partial charge in [-0.05, 0) is 31.9 Å². The van der Waals surface area contributed by atoms with E-state index in [-0.39, 0.29) is 0 Å². The number of nitrogens with zero attached hydrogens (tertiary/aromatic N) is 1. The van der Waals surface area contributed by atoms with Gasteiger partial charge in [0.05, 0.1) is 5.60 Å². The van der Waals surface area contributed by atoms with E-state index < -0.39 is 5.60 Å². The Morgan fingerprint density at radius 2 is 2.00 bits per heavy atom. The zero-order valence-corrected chi connectivity index (χ0v) is 9.82. The van der Waals surface area contributed by atoms with Crippen molar-refractivity contribution in [1.82, 2.24) is 4.90 Å². The number of rotatable bonds is 1. The number of piperidine rings is 1. The zero-order chi connectivity index (χ0) is 11.2. The third-order valence-corrected chi connectivity index (χ3v) is 4.31. The summed E-state index contributed by atoms with van der Waals surface area (Å²) in [5.41, 5.74) is 1.81. The van der Waals surface area contributed by atoms with Gasteiger partial charge in [0.2, 0.25) is 0 Å². The van der Waals surface area contributed by atoms with Gasteiger partial charge in [0.25, 0.3) is 0 Å². The molecule has 3 atom stereocenters. The third kappa shape index (κ3) is 1.48. The van der Waals surface area contributed by atoms with E-state index in [9.17, 15) is 5.11 Å². The van der Waals surface area contributed by atoms with Gasteiger partial charge in [0, 0.05) is 19.0 Å². The van der Waals surface area contributed by atoms with Crippen LogP contribution in [-0.2, 0) is 5.60 Å². The highest BCUT2D eigenvalue weighted by atomic mass is 16.3. The predicted octanol–water partition coefficient (Wildman–Crippen LogP) is 1.91. The van der Waals surface area contributed by atoms with Gasteiger partial charge < -0.3 is 10.0 Å². The van der Waals surface area contributed by atoms with Crippen molar-refractivity contribution < 1.29 is 5.11 Å². The number of hydrogen-bond donors (Lipinski definition) is 1. The Kier molecular flexibility index (Phi) is 2.30. The first-order chi connectivity index (χ1) is 7.68. The Morgan fingerprint density at radius 1 is 1.25 bits per heavy atom. The summed E-state index contributed by atoms with van der Waals surface area (Å²) >= 11 is 0. The molecule has 3 rings (SSSR count). The highest BCUT2D eigenvalue weighted by molar-refractivity contribution is 5.28. The van der Waals surface area contributed by atoms with Gasteiger partial charge in [-0.2, -0.15) is 0 Å². The molecule has 3 unspecified atom stereocenters.